The third-order valence-corrected chi connectivity index (χ3v) is 6.32. The normalized spacial score (nSPS) is 21.4. The molecule has 0 aliphatic heterocycles. The monoisotopic (exact) mass is 399 g/mol. The highest BCUT2D eigenvalue weighted by Crippen LogP contribution is 2.34. The molecule has 0 atom stereocenters. The molecule has 0 unspecified atom stereocenters. The summed E-state index contributed by atoms with van der Waals surface area (Å²) in [4.78, 5) is 30.4. The van der Waals surface area contributed by atoms with Gasteiger partial charge in [-0.3, -0.25) is 19.5 Å². The minimum absolute atomic E-state index is 0.0922. The second kappa shape index (κ2) is 8.01. The molecule has 2 N–H and O–H groups in total. The van der Waals surface area contributed by atoms with Crippen LogP contribution in [0.2, 0.25) is 0 Å². The smallest absolute Gasteiger partial charge is 0.317 e. The third kappa shape index (κ3) is 4.42. The van der Waals surface area contributed by atoms with Gasteiger partial charge in [0.1, 0.15) is 0 Å². The maximum absolute atomic E-state index is 12.7. The van der Waals surface area contributed by atoms with Crippen LogP contribution >= 0.6 is 11.3 Å². The Balaban J connectivity index is 1.33. The van der Waals surface area contributed by atoms with Gasteiger partial charge in [0.25, 0.3) is 5.91 Å². The number of thiophene rings is 1. The topological polar surface area (TPSA) is 82.5 Å². The Labute approximate surface area is 168 Å². The minimum atomic E-state index is -0.777. The Hall–Kier alpha value is -2.25. The molecule has 0 spiro atoms. The Morgan fingerprint density at radius 1 is 1.29 bits per heavy atom. The fourth-order valence-corrected chi connectivity index (χ4v) is 4.44. The predicted octanol–water partition coefficient (Wildman–Crippen LogP) is 3.18. The number of carboxylic acid groups (broad SMARTS) is 1. The van der Waals surface area contributed by atoms with E-state index in [1.807, 2.05) is 35.9 Å². The Kier molecular flexibility index (Phi) is 5.46. The number of pyridine rings is 1. The van der Waals surface area contributed by atoms with Gasteiger partial charge in [-0.05, 0) is 62.1 Å². The SMILES string of the molecule is Cc1nc(-c2ccsc2)ccc1C(=O)NC1CC(N(CC(=O)O)CC2CC2)C1. The molecule has 0 radical (unpaired) electrons. The number of nitrogens with one attached hydrogen (secondary N) is 1. The molecule has 2 saturated carbocycles. The second-order valence-electron chi connectivity index (χ2n) is 7.90. The molecule has 0 bridgehead atoms. The second-order valence-corrected chi connectivity index (χ2v) is 8.68. The maximum atomic E-state index is 12.7. The van der Waals surface area contributed by atoms with E-state index in [0.717, 1.165) is 36.3 Å². The van der Waals surface area contributed by atoms with E-state index >= 15 is 0 Å². The summed E-state index contributed by atoms with van der Waals surface area (Å²) >= 11 is 1.62. The zero-order valence-corrected chi connectivity index (χ0v) is 16.7. The number of aliphatic carboxylic acids is 1. The van der Waals surface area contributed by atoms with Gasteiger partial charge in [0.15, 0.2) is 0 Å². The lowest BCUT2D eigenvalue weighted by molar-refractivity contribution is -0.139. The number of nitrogens with zero attached hydrogens (tertiary/aromatic N) is 2. The molecular formula is C21H25N3O3S. The Morgan fingerprint density at radius 3 is 2.68 bits per heavy atom. The molecular weight excluding hydrogens is 374 g/mol. The van der Waals surface area contributed by atoms with Crippen molar-refractivity contribution in [2.75, 3.05) is 13.1 Å². The number of carbonyl (C=O) groups is 2. The standard InChI is InChI=1S/C21H25N3O3S/c1-13-18(4-5-19(22-13)15-6-7-28-12-15)21(27)23-16-8-17(9-16)24(11-20(25)26)10-14-2-3-14/h4-7,12,14,16-17H,2-3,8-11H2,1H3,(H,23,27)(H,25,26). The quantitative estimate of drug-likeness (QED) is 0.712. The van der Waals surface area contributed by atoms with Gasteiger partial charge in [-0.25, -0.2) is 0 Å². The van der Waals surface area contributed by atoms with Crippen LogP contribution in [0.1, 0.15) is 41.7 Å². The number of carboxylic acids is 1. The summed E-state index contributed by atoms with van der Waals surface area (Å²) < 4.78 is 0. The number of aryl methyl sites for hydroxylation is 1. The number of hydrogen-bond acceptors (Lipinski definition) is 5. The molecule has 2 fully saturated rings. The van der Waals surface area contributed by atoms with Crippen LogP contribution in [0.4, 0.5) is 0 Å². The number of aromatic nitrogens is 1. The predicted molar refractivity (Wildman–Crippen MR) is 108 cm³/mol. The van der Waals surface area contributed by atoms with Crippen molar-refractivity contribution < 1.29 is 14.7 Å². The third-order valence-electron chi connectivity index (χ3n) is 5.64. The van der Waals surface area contributed by atoms with E-state index in [9.17, 15) is 9.59 Å². The zero-order valence-electron chi connectivity index (χ0n) is 15.9. The van der Waals surface area contributed by atoms with Gasteiger partial charge in [0.05, 0.1) is 23.5 Å². The highest BCUT2D eigenvalue weighted by atomic mass is 32.1. The van der Waals surface area contributed by atoms with Crippen molar-refractivity contribution in [1.82, 2.24) is 15.2 Å². The van der Waals surface area contributed by atoms with Crippen molar-refractivity contribution in [3.8, 4) is 11.3 Å². The summed E-state index contributed by atoms with van der Waals surface area (Å²) in [5.41, 5.74) is 3.26. The first-order valence-corrected chi connectivity index (χ1v) is 10.7. The summed E-state index contributed by atoms with van der Waals surface area (Å²) in [6.07, 6.45) is 4.03. The van der Waals surface area contributed by atoms with E-state index in [1.165, 1.54) is 12.8 Å². The van der Waals surface area contributed by atoms with E-state index < -0.39 is 5.97 Å². The number of carbonyl (C=O) groups excluding carboxylic acids is 1. The van der Waals surface area contributed by atoms with Crippen LogP contribution in [0, 0.1) is 12.8 Å². The van der Waals surface area contributed by atoms with Crippen LogP contribution in [0.25, 0.3) is 11.3 Å². The van der Waals surface area contributed by atoms with Crippen LogP contribution in [0.15, 0.2) is 29.0 Å². The number of hydrogen-bond donors (Lipinski definition) is 2. The zero-order chi connectivity index (χ0) is 19.7. The minimum Gasteiger partial charge on any atom is -0.480 e. The van der Waals surface area contributed by atoms with Crippen molar-refractivity contribution >= 4 is 23.2 Å². The molecule has 2 aliphatic rings. The van der Waals surface area contributed by atoms with Crippen molar-refractivity contribution in [3.63, 3.8) is 0 Å². The van der Waals surface area contributed by atoms with Crippen molar-refractivity contribution in [3.05, 3.63) is 40.2 Å². The highest BCUT2D eigenvalue weighted by Gasteiger charge is 2.37. The first-order chi connectivity index (χ1) is 13.5. The molecule has 0 aromatic carbocycles. The molecule has 2 heterocycles. The van der Waals surface area contributed by atoms with E-state index in [0.29, 0.717) is 11.5 Å². The van der Waals surface area contributed by atoms with Crippen LogP contribution in [0.5, 0.6) is 0 Å². The summed E-state index contributed by atoms with van der Waals surface area (Å²) in [7, 11) is 0. The molecule has 2 aromatic heterocycles. The van der Waals surface area contributed by atoms with E-state index in [4.69, 9.17) is 5.11 Å². The average Bonchev–Trinajstić information content (AvgIpc) is 3.25. The summed E-state index contributed by atoms with van der Waals surface area (Å²) in [5, 5.41) is 16.3. The van der Waals surface area contributed by atoms with Crippen LogP contribution in [-0.4, -0.2) is 52.0 Å². The fraction of sp³-hybridized carbons (Fsp3) is 0.476. The van der Waals surface area contributed by atoms with Crippen molar-refractivity contribution in [2.24, 2.45) is 5.92 Å². The lowest BCUT2D eigenvalue weighted by Gasteiger charge is -2.42. The maximum Gasteiger partial charge on any atom is 0.317 e. The molecule has 28 heavy (non-hydrogen) atoms. The van der Waals surface area contributed by atoms with Crippen LogP contribution < -0.4 is 5.32 Å². The van der Waals surface area contributed by atoms with Crippen LogP contribution in [0.3, 0.4) is 0 Å². The van der Waals surface area contributed by atoms with E-state index in [1.54, 1.807) is 11.3 Å². The summed E-state index contributed by atoms with van der Waals surface area (Å²) in [6.45, 7) is 2.82. The highest BCUT2D eigenvalue weighted by molar-refractivity contribution is 7.08. The first-order valence-electron chi connectivity index (χ1n) is 9.76. The largest absolute Gasteiger partial charge is 0.480 e. The fourth-order valence-electron chi connectivity index (χ4n) is 3.79. The first kappa shape index (κ1) is 19.1. The molecule has 6 nitrogen and oxygen atoms in total. The average molecular weight is 400 g/mol. The van der Waals surface area contributed by atoms with E-state index in [2.05, 4.69) is 15.2 Å². The summed E-state index contributed by atoms with van der Waals surface area (Å²) in [5.74, 6) is -0.221. The summed E-state index contributed by atoms with van der Waals surface area (Å²) in [6, 6.07) is 6.10. The molecule has 4 rings (SSSR count). The molecule has 2 aromatic rings. The lowest BCUT2D eigenvalue weighted by atomic mass is 9.85. The van der Waals surface area contributed by atoms with Gasteiger partial charge in [-0.15, -0.1) is 0 Å². The number of amides is 1. The Bertz CT molecular complexity index is 858. The van der Waals surface area contributed by atoms with Gasteiger partial charge >= 0.3 is 5.97 Å². The molecule has 2 aliphatic carbocycles. The molecule has 0 saturated heterocycles. The van der Waals surface area contributed by atoms with Crippen LogP contribution in [-0.2, 0) is 4.79 Å². The Morgan fingerprint density at radius 2 is 2.07 bits per heavy atom. The molecule has 7 heteroatoms. The molecule has 1 amide bonds. The van der Waals surface area contributed by atoms with E-state index in [-0.39, 0.29) is 24.5 Å². The van der Waals surface area contributed by atoms with Gasteiger partial charge < -0.3 is 10.4 Å². The molecule has 148 valence electrons. The van der Waals surface area contributed by atoms with Gasteiger partial charge in [0, 0.05) is 29.6 Å². The number of rotatable bonds is 8. The van der Waals surface area contributed by atoms with Gasteiger partial charge in [-0.1, -0.05) is 0 Å². The van der Waals surface area contributed by atoms with Crippen molar-refractivity contribution in [1.29, 1.82) is 0 Å². The lowest BCUT2D eigenvalue weighted by Crippen LogP contribution is -2.55. The van der Waals surface area contributed by atoms with Crippen molar-refractivity contribution in [2.45, 2.75) is 44.7 Å². The van der Waals surface area contributed by atoms with Gasteiger partial charge in [0.2, 0.25) is 0 Å². The van der Waals surface area contributed by atoms with Gasteiger partial charge in [-0.2, -0.15) is 11.3 Å².